The van der Waals surface area contributed by atoms with E-state index in [9.17, 15) is 0 Å². The van der Waals surface area contributed by atoms with E-state index in [1.807, 2.05) is 19.1 Å². The summed E-state index contributed by atoms with van der Waals surface area (Å²) in [5, 5.41) is 12.4. The van der Waals surface area contributed by atoms with E-state index < -0.39 is 0 Å². The maximum atomic E-state index is 5.37. The van der Waals surface area contributed by atoms with E-state index in [0.717, 1.165) is 23.9 Å². The lowest BCUT2D eigenvalue weighted by atomic mass is 10.1. The van der Waals surface area contributed by atoms with Crippen LogP contribution < -0.4 is 0 Å². The van der Waals surface area contributed by atoms with Crippen molar-refractivity contribution in [2.24, 2.45) is 0 Å². The van der Waals surface area contributed by atoms with E-state index in [1.165, 1.54) is 5.56 Å². The first kappa shape index (κ1) is 11.6. The van der Waals surface area contributed by atoms with Crippen molar-refractivity contribution in [3.05, 3.63) is 29.6 Å². The molecule has 0 amide bonds. The molecule has 20 heavy (non-hydrogen) atoms. The van der Waals surface area contributed by atoms with Crippen LogP contribution in [0.1, 0.15) is 23.7 Å². The van der Waals surface area contributed by atoms with Gasteiger partial charge in [-0.25, -0.2) is 0 Å². The molecule has 2 aromatic heterocycles. The molecule has 1 saturated heterocycles. The Kier molecular flexibility index (Phi) is 2.56. The number of nitrogens with zero attached hydrogens (tertiary/aromatic N) is 3. The van der Waals surface area contributed by atoms with Gasteiger partial charge in [-0.1, -0.05) is 16.8 Å². The van der Waals surface area contributed by atoms with E-state index in [-0.39, 0.29) is 5.92 Å². The number of aryl methyl sites for hydroxylation is 1. The van der Waals surface area contributed by atoms with Crippen LogP contribution in [0.25, 0.3) is 22.5 Å². The average Bonchev–Trinajstić information content (AvgIpc) is 3.17. The van der Waals surface area contributed by atoms with E-state index in [1.54, 1.807) is 0 Å². The first-order valence-electron chi connectivity index (χ1n) is 6.68. The molecular weight excluding hydrogens is 256 g/mol. The highest BCUT2D eigenvalue weighted by molar-refractivity contribution is 5.91. The van der Waals surface area contributed by atoms with Crippen LogP contribution in [0.4, 0.5) is 0 Å². The third-order valence-corrected chi connectivity index (χ3v) is 3.66. The van der Waals surface area contributed by atoms with Crippen LogP contribution in [0.2, 0.25) is 0 Å². The molecule has 0 saturated carbocycles. The molecule has 1 aliphatic rings. The fourth-order valence-corrected chi connectivity index (χ4v) is 2.53. The summed E-state index contributed by atoms with van der Waals surface area (Å²) < 4.78 is 10.7. The van der Waals surface area contributed by atoms with Crippen molar-refractivity contribution in [3.63, 3.8) is 0 Å². The summed E-state index contributed by atoms with van der Waals surface area (Å²) in [4.78, 5) is 4.47. The molecular formula is C14H14N4O2. The SMILES string of the molecule is Cc1ccc2[nH]nc(-c3nc([C@@H]4CCOC4)no3)c2c1. The van der Waals surface area contributed by atoms with Gasteiger partial charge in [-0.3, -0.25) is 5.10 Å². The summed E-state index contributed by atoms with van der Waals surface area (Å²) in [6.45, 7) is 3.48. The molecule has 1 fully saturated rings. The highest BCUT2D eigenvalue weighted by Crippen LogP contribution is 2.28. The Morgan fingerprint density at radius 2 is 2.30 bits per heavy atom. The van der Waals surface area contributed by atoms with Gasteiger partial charge in [-0.05, 0) is 25.5 Å². The maximum absolute atomic E-state index is 5.37. The molecule has 3 aromatic rings. The van der Waals surface area contributed by atoms with E-state index >= 15 is 0 Å². The molecule has 102 valence electrons. The van der Waals surface area contributed by atoms with Gasteiger partial charge in [0.1, 0.15) is 0 Å². The summed E-state index contributed by atoms with van der Waals surface area (Å²) in [6.07, 6.45) is 0.944. The van der Waals surface area contributed by atoms with Gasteiger partial charge in [-0.2, -0.15) is 10.1 Å². The zero-order valence-corrected chi connectivity index (χ0v) is 11.1. The summed E-state index contributed by atoms with van der Waals surface area (Å²) >= 11 is 0. The fraction of sp³-hybridized carbons (Fsp3) is 0.357. The highest BCUT2D eigenvalue weighted by Gasteiger charge is 2.24. The fourth-order valence-electron chi connectivity index (χ4n) is 2.53. The Balaban J connectivity index is 1.77. The molecule has 1 aliphatic heterocycles. The van der Waals surface area contributed by atoms with Crippen molar-refractivity contribution in [1.29, 1.82) is 0 Å². The lowest BCUT2D eigenvalue weighted by Crippen LogP contribution is -1.99. The first-order valence-corrected chi connectivity index (χ1v) is 6.68. The number of fused-ring (bicyclic) bond motifs is 1. The minimum Gasteiger partial charge on any atom is -0.381 e. The number of aromatic amines is 1. The van der Waals surface area contributed by atoms with Gasteiger partial charge in [0.05, 0.1) is 12.1 Å². The largest absolute Gasteiger partial charge is 0.381 e. The molecule has 3 heterocycles. The number of aromatic nitrogens is 4. The van der Waals surface area contributed by atoms with Crippen LogP contribution in [0.3, 0.4) is 0 Å². The average molecular weight is 270 g/mol. The van der Waals surface area contributed by atoms with Crippen LogP contribution in [0.5, 0.6) is 0 Å². The standard InChI is InChI=1S/C14H14N4O2/c1-8-2-3-11-10(6-8)12(17-16-11)14-15-13(18-20-14)9-4-5-19-7-9/h2-3,6,9H,4-5,7H2,1H3,(H,16,17)/t9-/m1/s1. The van der Waals surface area contributed by atoms with Crippen LogP contribution in [0, 0.1) is 6.92 Å². The zero-order valence-electron chi connectivity index (χ0n) is 11.1. The number of nitrogens with one attached hydrogen (secondary N) is 1. The van der Waals surface area contributed by atoms with Gasteiger partial charge in [0.25, 0.3) is 5.89 Å². The Morgan fingerprint density at radius 1 is 1.35 bits per heavy atom. The van der Waals surface area contributed by atoms with Gasteiger partial charge in [0.2, 0.25) is 0 Å². The predicted molar refractivity (Wildman–Crippen MR) is 72.3 cm³/mol. The lowest BCUT2D eigenvalue weighted by molar-refractivity contribution is 0.192. The number of hydrogen-bond donors (Lipinski definition) is 1. The minimum absolute atomic E-state index is 0.236. The van der Waals surface area contributed by atoms with Crippen molar-refractivity contribution in [3.8, 4) is 11.6 Å². The molecule has 1 N–H and O–H groups in total. The topological polar surface area (TPSA) is 76.8 Å². The lowest BCUT2D eigenvalue weighted by Gasteiger charge is -1.97. The van der Waals surface area contributed by atoms with E-state index in [4.69, 9.17) is 9.26 Å². The molecule has 6 nitrogen and oxygen atoms in total. The summed E-state index contributed by atoms with van der Waals surface area (Å²) in [5.74, 6) is 1.41. The predicted octanol–water partition coefficient (Wildman–Crippen LogP) is 2.43. The van der Waals surface area contributed by atoms with Crippen molar-refractivity contribution >= 4 is 10.9 Å². The van der Waals surface area contributed by atoms with Gasteiger partial charge < -0.3 is 9.26 Å². The summed E-state index contributed by atoms with van der Waals surface area (Å²) in [7, 11) is 0. The molecule has 0 aliphatic carbocycles. The van der Waals surface area contributed by atoms with Crippen LogP contribution in [0.15, 0.2) is 22.7 Å². The first-order chi connectivity index (χ1) is 9.81. The Hall–Kier alpha value is -2.21. The van der Waals surface area contributed by atoms with Crippen molar-refractivity contribution in [1.82, 2.24) is 20.3 Å². The van der Waals surface area contributed by atoms with Crippen molar-refractivity contribution < 1.29 is 9.26 Å². The Bertz CT molecular complexity index is 755. The smallest absolute Gasteiger partial charge is 0.279 e. The molecule has 0 unspecified atom stereocenters. The monoisotopic (exact) mass is 270 g/mol. The van der Waals surface area contributed by atoms with Gasteiger partial charge in [0.15, 0.2) is 11.5 Å². The number of H-pyrrole nitrogens is 1. The molecule has 0 bridgehead atoms. The number of benzene rings is 1. The zero-order chi connectivity index (χ0) is 13.5. The van der Waals surface area contributed by atoms with E-state index in [2.05, 4.69) is 26.4 Å². The minimum atomic E-state index is 0.236. The number of ether oxygens (including phenoxy) is 1. The second kappa shape index (κ2) is 4.42. The van der Waals surface area contributed by atoms with Crippen LogP contribution >= 0.6 is 0 Å². The van der Waals surface area contributed by atoms with Gasteiger partial charge in [0, 0.05) is 17.9 Å². The highest BCUT2D eigenvalue weighted by atomic mass is 16.5. The van der Waals surface area contributed by atoms with Crippen LogP contribution in [-0.2, 0) is 4.74 Å². The normalized spacial score (nSPS) is 18.9. The van der Waals surface area contributed by atoms with Crippen molar-refractivity contribution in [2.45, 2.75) is 19.3 Å². The van der Waals surface area contributed by atoms with Gasteiger partial charge >= 0.3 is 0 Å². The number of hydrogen-bond acceptors (Lipinski definition) is 5. The van der Waals surface area contributed by atoms with E-state index in [0.29, 0.717) is 24.0 Å². The third-order valence-electron chi connectivity index (χ3n) is 3.66. The quantitative estimate of drug-likeness (QED) is 0.773. The third kappa shape index (κ3) is 1.80. The summed E-state index contributed by atoms with van der Waals surface area (Å²) in [5.41, 5.74) is 2.85. The van der Waals surface area contributed by atoms with Crippen molar-refractivity contribution in [2.75, 3.05) is 13.2 Å². The second-order valence-corrected chi connectivity index (χ2v) is 5.14. The molecule has 6 heteroatoms. The summed E-state index contributed by atoms with van der Waals surface area (Å²) in [6, 6.07) is 6.11. The molecule has 1 aromatic carbocycles. The molecule has 4 rings (SSSR count). The maximum Gasteiger partial charge on any atom is 0.279 e. The second-order valence-electron chi connectivity index (χ2n) is 5.14. The van der Waals surface area contributed by atoms with Crippen LogP contribution in [-0.4, -0.2) is 33.6 Å². The number of rotatable bonds is 2. The Labute approximate surface area is 115 Å². The molecule has 0 radical (unpaired) electrons. The molecule has 1 atom stereocenters. The Morgan fingerprint density at radius 3 is 3.15 bits per heavy atom. The van der Waals surface area contributed by atoms with Gasteiger partial charge in [-0.15, -0.1) is 0 Å². The molecule has 0 spiro atoms.